The molecule has 2 N–H and O–H groups in total. The molecule has 29 heavy (non-hydrogen) atoms. The van der Waals surface area contributed by atoms with E-state index < -0.39 is 11.2 Å². The number of aromatic carboxylic acids is 1. The molecular formula is C21H22ClN3O3S. The summed E-state index contributed by atoms with van der Waals surface area (Å²) in [6.45, 7) is 3.97. The van der Waals surface area contributed by atoms with Crippen molar-refractivity contribution < 1.29 is 14.7 Å². The smallest absolute Gasteiger partial charge is 0.337 e. The topological polar surface area (TPSA) is 103 Å². The molecule has 1 amide bonds. The third kappa shape index (κ3) is 6.21. The van der Waals surface area contributed by atoms with Crippen molar-refractivity contribution in [1.82, 2.24) is 4.98 Å². The average molecular weight is 432 g/mol. The number of nitrogens with one attached hydrogen (secondary N) is 1. The predicted octanol–water partition coefficient (Wildman–Crippen LogP) is 5.16. The van der Waals surface area contributed by atoms with E-state index >= 15 is 0 Å². The van der Waals surface area contributed by atoms with Gasteiger partial charge in [0.05, 0.1) is 21.4 Å². The standard InChI is InChI=1S/C21H22ClN3O3S/c1-3-5-6-14-8-7-13(12-23)20(25-14)29-18(4-2)19(26)24-15-9-10-17(22)16(11-15)21(27)28/h7-11,18H,3-6H2,1-2H3,(H,24,26)(H,27,28). The van der Waals surface area contributed by atoms with Gasteiger partial charge in [0.25, 0.3) is 0 Å². The van der Waals surface area contributed by atoms with Gasteiger partial charge in [-0.15, -0.1) is 0 Å². The van der Waals surface area contributed by atoms with Gasteiger partial charge < -0.3 is 10.4 Å². The van der Waals surface area contributed by atoms with E-state index in [0.29, 0.717) is 22.7 Å². The van der Waals surface area contributed by atoms with Crippen LogP contribution in [0.3, 0.4) is 0 Å². The minimum atomic E-state index is -1.17. The second-order valence-corrected chi connectivity index (χ2v) is 7.97. The molecule has 1 aromatic carbocycles. The van der Waals surface area contributed by atoms with Crippen molar-refractivity contribution >= 4 is 40.9 Å². The first-order valence-corrected chi connectivity index (χ1v) is 10.6. The van der Waals surface area contributed by atoms with Gasteiger partial charge in [-0.2, -0.15) is 5.26 Å². The van der Waals surface area contributed by atoms with Crippen LogP contribution in [0.1, 0.15) is 54.7 Å². The van der Waals surface area contributed by atoms with E-state index in [1.807, 2.05) is 13.0 Å². The van der Waals surface area contributed by atoms with E-state index in [-0.39, 0.29) is 16.5 Å². The number of amides is 1. The highest BCUT2D eigenvalue weighted by molar-refractivity contribution is 8.00. The molecule has 0 aliphatic carbocycles. The van der Waals surface area contributed by atoms with Crippen LogP contribution in [0.4, 0.5) is 5.69 Å². The first-order valence-electron chi connectivity index (χ1n) is 9.29. The summed E-state index contributed by atoms with van der Waals surface area (Å²) < 4.78 is 0. The molecule has 0 bridgehead atoms. The highest BCUT2D eigenvalue weighted by Gasteiger charge is 2.21. The number of halogens is 1. The Morgan fingerprint density at radius 1 is 1.31 bits per heavy atom. The van der Waals surface area contributed by atoms with Gasteiger partial charge in [0.1, 0.15) is 11.1 Å². The van der Waals surface area contributed by atoms with Gasteiger partial charge >= 0.3 is 5.97 Å². The molecule has 2 rings (SSSR count). The average Bonchev–Trinajstić information content (AvgIpc) is 2.71. The van der Waals surface area contributed by atoms with Gasteiger partial charge in [-0.25, -0.2) is 9.78 Å². The summed E-state index contributed by atoms with van der Waals surface area (Å²) >= 11 is 7.11. The van der Waals surface area contributed by atoms with Crippen LogP contribution >= 0.6 is 23.4 Å². The molecular weight excluding hydrogens is 410 g/mol. The van der Waals surface area contributed by atoms with Gasteiger partial charge in [0, 0.05) is 11.4 Å². The van der Waals surface area contributed by atoms with Crippen LogP contribution in [0.2, 0.25) is 5.02 Å². The number of unbranched alkanes of at least 4 members (excludes halogenated alkanes) is 1. The zero-order valence-corrected chi connectivity index (χ0v) is 17.8. The van der Waals surface area contributed by atoms with Gasteiger partial charge in [0.2, 0.25) is 5.91 Å². The van der Waals surface area contributed by atoms with E-state index in [9.17, 15) is 20.0 Å². The summed E-state index contributed by atoms with van der Waals surface area (Å²) in [5.41, 5.74) is 1.59. The molecule has 0 saturated heterocycles. The Bertz CT molecular complexity index is 943. The minimum absolute atomic E-state index is 0.0813. The van der Waals surface area contributed by atoms with Crippen molar-refractivity contribution in [2.24, 2.45) is 0 Å². The fraction of sp³-hybridized carbons (Fsp3) is 0.333. The molecule has 0 fully saturated rings. The maximum Gasteiger partial charge on any atom is 0.337 e. The van der Waals surface area contributed by atoms with E-state index in [1.165, 1.54) is 23.9 Å². The van der Waals surface area contributed by atoms with Crippen molar-refractivity contribution in [3.63, 3.8) is 0 Å². The minimum Gasteiger partial charge on any atom is -0.478 e. The Hall–Kier alpha value is -2.56. The van der Waals surface area contributed by atoms with Gasteiger partial charge in [0.15, 0.2) is 0 Å². The fourth-order valence-corrected chi connectivity index (χ4v) is 3.81. The lowest BCUT2D eigenvalue weighted by Gasteiger charge is -2.16. The Labute approximate surface area is 179 Å². The zero-order valence-electron chi connectivity index (χ0n) is 16.2. The van der Waals surface area contributed by atoms with Gasteiger partial charge in [-0.1, -0.05) is 43.6 Å². The summed E-state index contributed by atoms with van der Waals surface area (Å²) in [7, 11) is 0. The summed E-state index contributed by atoms with van der Waals surface area (Å²) in [5.74, 6) is -1.46. The molecule has 0 aliphatic rings. The number of anilines is 1. The van der Waals surface area contributed by atoms with E-state index in [4.69, 9.17) is 11.6 Å². The number of rotatable bonds is 9. The molecule has 0 aliphatic heterocycles. The summed E-state index contributed by atoms with van der Waals surface area (Å²) in [5, 5.41) is 21.4. The van der Waals surface area contributed by atoms with Crippen molar-refractivity contribution in [2.75, 3.05) is 5.32 Å². The van der Waals surface area contributed by atoms with Crippen LogP contribution in [0, 0.1) is 11.3 Å². The number of pyridine rings is 1. The number of hydrogen-bond acceptors (Lipinski definition) is 5. The van der Waals surface area contributed by atoms with Gasteiger partial charge in [-0.05, 0) is 49.6 Å². The monoisotopic (exact) mass is 431 g/mol. The lowest BCUT2D eigenvalue weighted by atomic mass is 10.2. The number of benzene rings is 1. The first kappa shape index (κ1) is 22.7. The van der Waals surface area contributed by atoms with Crippen LogP contribution in [0.5, 0.6) is 0 Å². The lowest BCUT2D eigenvalue weighted by molar-refractivity contribution is -0.115. The summed E-state index contributed by atoms with van der Waals surface area (Å²) in [6.07, 6.45) is 3.38. The van der Waals surface area contributed by atoms with E-state index in [0.717, 1.165) is 25.0 Å². The molecule has 6 nitrogen and oxygen atoms in total. The highest BCUT2D eigenvalue weighted by Crippen LogP contribution is 2.29. The first-order chi connectivity index (χ1) is 13.9. The largest absolute Gasteiger partial charge is 0.478 e. The van der Waals surface area contributed by atoms with Crippen molar-refractivity contribution in [3.05, 3.63) is 52.2 Å². The number of carbonyl (C=O) groups excluding carboxylic acids is 1. The van der Waals surface area contributed by atoms with Crippen LogP contribution in [-0.4, -0.2) is 27.2 Å². The summed E-state index contributed by atoms with van der Waals surface area (Å²) in [4.78, 5) is 28.5. The zero-order chi connectivity index (χ0) is 21.4. The predicted molar refractivity (Wildman–Crippen MR) is 115 cm³/mol. The summed E-state index contributed by atoms with van der Waals surface area (Å²) in [6, 6.07) is 10.0. The highest BCUT2D eigenvalue weighted by atomic mass is 35.5. The van der Waals surface area contributed by atoms with E-state index in [2.05, 4.69) is 23.3 Å². The number of aromatic nitrogens is 1. The van der Waals surface area contributed by atoms with Crippen molar-refractivity contribution in [2.45, 2.75) is 49.8 Å². The number of nitrogens with zero attached hydrogens (tertiary/aromatic N) is 2. The van der Waals surface area contributed by atoms with Crippen LogP contribution in [0.15, 0.2) is 35.4 Å². The Morgan fingerprint density at radius 3 is 2.69 bits per heavy atom. The molecule has 1 aromatic heterocycles. The second kappa shape index (κ2) is 10.8. The maximum absolute atomic E-state index is 12.7. The van der Waals surface area contributed by atoms with Crippen molar-refractivity contribution in [1.29, 1.82) is 5.26 Å². The second-order valence-electron chi connectivity index (χ2n) is 6.37. The molecule has 0 radical (unpaired) electrons. The fourth-order valence-electron chi connectivity index (χ4n) is 2.60. The number of carbonyl (C=O) groups is 2. The number of carboxylic acids is 1. The number of nitriles is 1. The Balaban J connectivity index is 2.19. The Morgan fingerprint density at radius 2 is 2.07 bits per heavy atom. The van der Waals surface area contributed by atoms with E-state index in [1.54, 1.807) is 12.1 Å². The molecule has 8 heteroatoms. The number of thioether (sulfide) groups is 1. The van der Waals surface area contributed by atoms with Crippen LogP contribution < -0.4 is 5.32 Å². The van der Waals surface area contributed by atoms with Crippen LogP contribution in [-0.2, 0) is 11.2 Å². The molecule has 1 atom stereocenters. The Kier molecular flexibility index (Phi) is 8.50. The molecule has 1 unspecified atom stereocenters. The molecule has 0 spiro atoms. The number of carboxylic acid groups (broad SMARTS) is 1. The molecule has 2 aromatic rings. The third-order valence-corrected chi connectivity index (χ3v) is 5.90. The maximum atomic E-state index is 12.7. The molecule has 0 saturated carbocycles. The molecule has 152 valence electrons. The van der Waals surface area contributed by atoms with Crippen molar-refractivity contribution in [3.8, 4) is 6.07 Å². The lowest BCUT2D eigenvalue weighted by Crippen LogP contribution is -2.25. The quantitative estimate of drug-likeness (QED) is 0.531. The third-order valence-electron chi connectivity index (χ3n) is 4.21. The normalized spacial score (nSPS) is 11.5. The number of aryl methyl sites for hydroxylation is 1. The SMILES string of the molecule is CCCCc1ccc(C#N)c(SC(CC)C(=O)Nc2ccc(Cl)c(C(=O)O)c2)n1. The number of hydrogen-bond donors (Lipinski definition) is 2. The van der Waals surface area contributed by atoms with Crippen LogP contribution in [0.25, 0.3) is 0 Å². The van der Waals surface area contributed by atoms with Gasteiger partial charge in [-0.3, -0.25) is 4.79 Å². The molecule has 1 heterocycles.